The van der Waals surface area contributed by atoms with Gasteiger partial charge in [-0.2, -0.15) is 0 Å². The van der Waals surface area contributed by atoms with Gasteiger partial charge in [0.05, 0.1) is 0 Å². The van der Waals surface area contributed by atoms with E-state index in [4.69, 9.17) is 0 Å². The normalized spacial score (nSPS) is 0. The standard InChI is InChI=1S/Ca.3HI/h;3*1H/q+2;;;/p-3. The maximum Gasteiger partial charge on any atom is 2.00 e. The van der Waals surface area contributed by atoms with Gasteiger partial charge in [-0.25, -0.2) is 0 Å². The minimum atomic E-state index is 0. The minimum absolute atomic E-state index is 0. The summed E-state index contributed by atoms with van der Waals surface area (Å²) in [6.45, 7) is 0. The molecule has 0 aromatic heterocycles. The molecule has 0 saturated heterocycles. The van der Waals surface area contributed by atoms with Crippen molar-refractivity contribution in [1.82, 2.24) is 0 Å². The van der Waals surface area contributed by atoms with E-state index in [1.54, 1.807) is 0 Å². The van der Waals surface area contributed by atoms with Crippen LogP contribution in [0, 0.1) is 0 Å². The molecule has 0 bridgehead atoms. The molecule has 0 aliphatic rings. The minimum Gasteiger partial charge on any atom is -1.00 e. The molecule has 0 aliphatic heterocycles. The van der Waals surface area contributed by atoms with Crippen LogP contribution in [0.25, 0.3) is 0 Å². The van der Waals surface area contributed by atoms with Crippen LogP contribution in [-0.2, 0) is 0 Å². The molecular formula is CaI3-. The molecule has 0 amide bonds. The summed E-state index contributed by atoms with van der Waals surface area (Å²) in [5, 5.41) is 0. The van der Waals surface area contributed by atoms with Crippen molar-refractivity contribution in [3.63, 3.8) is 0 Å². The average Bonchev–Trinajstić information content (AvgIpc) is 0. The van der Waals surface area contributed by atoms with E-state index in [9.17, 15) is 0 Å². The molecule has 0 aliphatic carbocycles. The van der Waals surface area contributed by atoms with Crippen LogP contribution in [0.1, 0.15) is 0 Å². The van der Waals surface area contributed by atoms with E-state index in [1.165, 1.54) is 0 Å². The van der Waals surface area contributed by atoms with Gasteiger partial charge in [0, 0.05) is 0 Å². The summed E-state index contributed by atoms with van der Waals surface area (Å²) >= 11 is 0. The molecule has 24 valence electrons. The van der Waals surface area contributed by atoms with Crippen LogP contribution >= 0.6 is 0 Å². The van der Waals surface area contributed by atoms with Crippen LogP contribution in [0.2, 0.25) is 0 Å². The van der Waals surface area contributed by atoms with Gasteiger partial charge < -0.3 is 71.9 Å². The van der Waals surface area contributed by atoms with Crippen LogP contribution in [-0.4, -0.2) is 37.7 Å². The Morgan fingerprint density at radius 3 is 0.500 bits per heavy atom. The summed E-state index contributed by atoms with van der Waals surface area (Å²) in [6, 6.07) is 0. The van der Waals surface area contributed by atoms with Gasteiger partial charge in [-0.15, -0.1) is 0 Å². The van der Waals surface area contributed by atoms with Gasteiger partial charge >= 0.3 is 37.7 Å². The van der Waals surface area contributed by atoms with Gasteiger partial charge in [-0.05, 0) is 0 Å². The summed E-state index contributed by atoms with van der Waals surface area (Å²) in [5.41, 5.74) is 0. The molecule has 4 heavy (non-hydrogen) atoms. The second-order valence-electron chi connectivity index (χ2n) is 0. The van der Waals surface area contributed by atoms with Crippen molar-refractivity contribution in [1.29, 1.82) is 0 Å². The zero-order chi connectivity index (χ0) is 0. The summed E-state index contributed by atoms with van der Waals surface area (Å²) in [5.74, 6) is 0. The molecule has 0 nitrogen and oxygen atoms in total. The third kappa shape index (κ3) is 9.07. The van der Waals surface area contributed by atoms with Gasteiger partial charge in [-0.1, -0.05) is 0 Å². The van der Waals surface area contributed by atoms with Crippen molar-refractivity contribution in [3.8, 4) is 0 Å². The molecule has 0 fully saturated rings. The van der Waals surface area contributed by atoms with E-state index in [-0.39, 0.29) is 110 Å². The third-order valence-electron chi connectivity index (χ3n) is 0. The molecule has 4 heteroatoms. The molecule has 0 atom stereocenters. The SMILES string of the molecule is [Ca+2].[I-].[I-].[I-]. The van der Waals surface area contributed by atoms with Gasteiger partial charge in [0.25, 0.3) is 0 Å². The Kier molecular flexibility index (Phi) is 105. The zero-order valence-corrected chi connectivity index (χ0v) is 10.5. The van der Waals surface area contributed by atoms with Gasteiger partial charge in [0.1, 0.15) is 0 Å². The van der Waals surface area contributed by atoms with Crippen molar-refractivity contribution in [2.24, 2.45) is 0 Å². The van der Waals surface area contributed by atoms with Gasteiger partial charge in [0.15, 0.2) is 0 Å². The number of rotatable bonds is 0. The fraction of sp³-hybridized carbons (Fsp3) is 0. The van der Waals surface area contributed by atoms with Crippen molar-refractivity contribution in [2.75, 3.05) is 0 Å². The van der Waals surface area contributed by atoms with E-state index in [1.807, 2.05) is 0 Å². The fourth-order valence-electron chi connectivity index (χ4n) is 0. The second kappa shape index (κ2) is 16.1. The van der Waals surface area contributed by atoms with Crippen LogP contribution in [0.3, 0.4) is 0 Å². The van der Waals surface area contributed by atoms with E-state index in [0.29, 0.717) is 0 Å². The largest absolute Gasteiger partial charge is 2.00 e. The van der Waals surface area contributed by atoms with Crippen molar-refractivity contribution in [3.05, 3.63) is 0 Å². The molecule has 0 radical (unpaired) electrons. The van der Waals surface area contributed by atoms with Crippen molar-refractivity contribution >= 4 is 37.7 Å². The molecule has 0 N–H and O–H groups in total. The second-order valence-corrected chi connectivity index (χ2v) is 0. The first-order valence-electron chi connectivity index (χ1n) is 0. The maximum atomic E-state index is 0. The summed E-state index contributed by atoms with van der Waals surface area (Å²) < 4.78 is 0. The van der Waals surface area contributed by atoms with E-state index in [2.05, 4.69) is 0 Å². The summed E-state index contributed by atoms with van der Waals surface area (Å²) in [4.78, 5) is 0. The smallest absolute Gasteiger partial charge is 1.00 e. The number of halogens is 3. The monoisotopic (exact) mass is 421 g/mol. The van der Waals surface area contributed by atoms with E-state index in [0.717, 1.165) is 0 Å². The van der Waals surface area contributed by atoms with E-state index < -0.39 is 0 Å². The first-order valence-corrected chi connectivity index (χ1v) is 0. The molecule has 0 heterocycles. The van der Waals surface area contributed by atoms with Gasteiger partial charge in [-0.3, -0.25) is 0 Å². The number of hydrogen-bond donors (Lipinski definition) is 0. The first kappa shape index (κ1) is 26.0. The Bertz CT molecular complexity index is 3.25. The van der Waals surface area contributed by atoms with Gasteiger partial charge in [0.2, 0.25) is 0 Å². The number of hydrogen-bond acceptors (Lipinski definition) is 0. The Morgan fingerprint density at radius 2 is 0.500 bits per heavy atom. The molecule has 0 rings (SSSR count). The fourth-order valence-corrected chi connectivity index (χ4v) is 0. The zero-order valence-electron chi connectivity index (χ0n) is 1.84. The first-order chi connectivity index (χ1) is 0. The molecule has 0 unspecified atom stereocenters. The molecule has 0 aromatic rings. The van der Waals surface area contributed by atoms with E-state index >= 15 is 0 Å². The predicted octanol–water partition coefficient (Wildman–Crippen LogP) is -9.37. The molecule has 0 aromatic carbocycles. The van der Waals surface area contributed by atoms with Crippen molar-refractivity contribution < 1.29 is 71.9 Å². The molecular weight excluding hydrogens is 421 g/mol. The Morgan fingerprint density at radius 1 is 0.500 bits per heavy atom. The molecule has 0 spiro atoms. The van der Waals surface area contributed by atoms with Crippen molar-refractivity contribution in [2.45, 2.75) is 0 Å². The Labute approximate surface area is 107 Å². The van der Waals surface area contributed by atoms with Crippen LogP contribution in [0.5, 0.6) is 0 Å². The van der Waals surface area contributed by atoms with Crippen LogP contribution in [0.15, 0.2) is 0 Å². The third-order valence-corrected chi connectivity index (χ3v) is 0. The summed E-state index contributed by atoms with van der Waals surface area (Å²) in [6.07, 6.45) is 0. The predicted molar refractivity (Wildman–Crippen MR) is 5.75 cm³/mol. The van der Waals surface area contributed by atoms with Crippen LogP contribution in [0.4, 0.5) is 0 Å². The Balaban J connectivity index is 0. The maximum absolute atomic E-state index is 0. The van der Waals surface area contributed by atoms with Crippen LogP contribution < -0.4 is 71.9 Å². The Hall–Kier alpha value is 3.45. The summed E-state index contributed by atoms with van der Waals surface area (Å²) in [7, 11) is 0. The molecule has 0 saturated carbocycles. The topological polar surface area (TPSA) is 0 Å². The average molecular weight is 421 g/mol. The quantitative estimate of drug-likeness (QED) is 0.270.